The number of likely N-dealkylation sites (tertiary alicyclic amines) is 2. The van der Waals surface area contributed by atoms with E-state index < -0.39 is 22.9 Å². The smallest absolute Gasteiger partial charge is 0.293 e. The average molecular weight is 888 g/mol. The Hall–Kier alpha value is -5.86. The van der Waals surface area contributed by atoms with Crippen LogP contribution in [0.5, 0.6) is 0 Å². The summed E-state index contributed by atoms with van der Waals surface area (Å²) in [4.78, 5) is 74.4. The highest BCUT2D eigenvalue weighted by Gasteiger charge is 2.59. The first-order valence-electron chi connectivity index (χ1n) is 23.0. The van der Waals surface area contributed by atoms with Crippen LogP contribution in [0.3, 0.4) is 0 Å². The Bertz CT molecular complexity index is 2440. The van der Waals surface area contributed by atoms with Crippen LogP contribution in [0.15, 0.2) is 73.4 Å². The lowest BCUT2D eigenvalue weighted by molar-refractivity contribution is -0.168. The van der Waals surface area contributed by atoms with Gasteiger partial charge in [-0.25, -0.2) is 5.43 Å². The molecule has 0 saturated carbocycles. The number of methoxy groups -OCH3 is 1. The summed E-state index contributed by atoms with van der Waals surface area (Å²) in [5.74, 6) is -1.17. The highest BCUT2D eigenvalue weighted by Crippen LogP contribution is 2.44. The van der Waals surface area contributed by atoms with Crippen molar-refractivity contribution in [3.63, 3.8) is 0 Å². The van der Waals surface area contributed by atoms with Crippen LogP contribution in [0.25, 0.3) is 33.3 Å². The van der Waals surface area contributed by atoms with Gasteiger partial charge in [0.15, 0.2) is 0 Å². The van der Waals surface area contributed by atoms with E-state index in [0.717, 1.165) is 62.9 Å². The third-order valence-corrected chi connectivity index (χ3v) is 13.5. The number of rotatable bonds is 18. The van der Waals surface area contributed by atoms with Gasteiger partial charge in [0.25, 0.3) is 12.4 Å². The molecule has 65 heavy (non-hydrogen) atoms. The van der Waals surface area contributed by atoms with E-state index in [9.17, 15) is 24.0 Å². The Balaban J connectivity index is 1.22. The number of carbonyl (C=O) groups is 5. The van der Waals surface area contributed by atoms with Crippen molar-refractivity contribution in [1.29, 1.82) is 0 Å². The van der Waals surface area contributed by atoms with E-state index in [1.165, 1.54) is 6.08 Å². The number of aryl methyl sites for hydroxylation is 1. The largest absolute Gasteiger partial charge is 0.467 e. The van der Waals surface area contributed by atoms with E-state index in [1.54, 1.807) is 28.1 Å². The molecule has 4 unspecified atom stereocenters. The number of amides is 4. The van der Waals surface area contributed by atoms with Crippen LogP contribution in [0.4, 0.5) is 0 Å². The molecule has 5 heterocycles. The van der Waals surface area contributed by atoms with Gasteiger partial charge in [-0.3, -0.25) is 34.0 Å². The third-order valence-electron chi connectivity index (χ3n) is 13.5. The molecule has 7 rings (SSSR count). The van der Waals surface area contributed by atoms with Crippen molar-refractivity contribution in [2.24, 2.45) is 16.7 Å². The highest BCUT2D eigenvalue weighted by molar-refractivity contribution is 5.98. The van der Waals surface area contributed by atoms with Gasteiger partial charge in [-0.15, -0.1) is 0 Å². The van der Waals surface area contributed by atoms with Gasteiger partial charge in [-0.05, 0) is 98.0 Å². The van der Waals surface area contributed by atoms with Crippen LogP contribution >= 0.6 is 0 Å². The zero-order chi connectivity index (χ0) is 46.6. The molecule has 3 fully saturated rings. The molecule has 4 amide bonds. The van der Waals surface area contributed by atoms with Crippen molar-refractivity contribution in [3.8, 4) is 22.4 Å². The van der Waals surface area contributed by atoms with E-state index in [1.807, 2.05) is 39.0 Å². The van der Waals surface area contributed by atoms with Crippen LogP contribution in [-0.2, 0) is 52.8 Å². The van der Waals surface area contributed by atoms with Gasteiger partial charge in [0, 0.05) is 80.9 Å². The van der Waals surface area contributed by atoms with E-state index in [4.69, 9.17) is 14.5 Å². The lowest BCUT2D eigenvalue weighted by Crippen LogP contribution is -2.69. The van der Waals surface area contributed by atoms with E-state index in [-0.39, 0.29) is 48.7 Å². The number of benzene rings is 2. The number of fused-ring (bicyclic) bond motifs is 1. The number of hydrazine groups is 1. The summed E-state index contributed by atoms with van der Waals surface area (Å²) in [7, 11) is 1.68. The summed E-state index contributed by atoms with van der Waals surface area (Å²) in [6, 6.07) is 16.9. The molecule has 2 N–H and O–H groups in total. The minimum absolute atomic E-state index is 0.135. The topological polar surface area (TPSA) is 155 Å². The Morgan fingerprint density at radius 3 is 2.49 bits per heavy atom. The second-order valence-corrected chi connectivity index (χ2v) is 19.1. The quantitative estimate of drug-likeness (QED) is 0.0669. The molecule has 14 heteroatoms. The monoisotopic (exact) mass is 887 g/mol. The van der Waals surface area contributed by atoms with Crippen LogP contribution < -0.4 is 10.7 Å². The molecule has 3 saturated heterocycles. The fourth-order valence-electron chi connectivity index (χ4n) is 10.1. The Kier molecular flexibility index (Phi) is 14.3. The molecule has 1 spiro atoms. The lowest BCUT2D eigenvalue weighted by Gasteiger charge is -2.50. The van der Waals surface area contributed by atoms with Gasteiger partial charge in [0.2, 0.25) is 17.7 Å². The van der Waals surface area contributed by atoms with E-state index >= 15 is 0 Å². The van der Waals surface area contributed by atoms with Crippen LogP contribution in [0, 0.1) is 16.7 Å². The van der Waals surface area contributed by atoms with Crippen LogP contribution in [-0.4, -0.2) is 113 Å². The maximum atomic E-state index is 14.4. The van der Waals surface area contributed by atoms with Crippen molar-refractivity contribution < 1.29 is 33.4 Å². The lowest BCUT2D eigenvalue weighted by atomic mass is 9.75. The number of ether oxygens (including phenoxy) is 2. The molecule has 4 aromatic rings. The number of pyridine rings is 1. The molecule has 0 aliphatic carbocycles. The Morgan fingerprint density at radius 2 is 1.82 bits per heavy atom. The number of β-lactam (4-membered cyclic amide) rings is 1. The number of hydrogen-bond acceptors (Lipinski definition) is 9. The fourth-order valence-corrected chi connectivity index (χ4v) is 10.1. The molecule has 3 aliphatic rings. The SMILES string of the molecule is C=CC(=O)N1CCC2(C1)CN(C(C(=O)NC(Cc1cccc(-c3ccc4c(c3)c(CC(C)(C)COC=O)c(-c3cccnc3C(C)OC)n4CC)c1)C(=O)N1CCCCN1)C(C)C)C2=O. The molecule has 4 atom stereocenters. The fraction of sp³-hybridized carbons (Fsp3) is 0.490. The van der Waals surface area contributed by atoms with Crippen molar-refractivity contribution in [3.05, 3.63) is 90.3 Å². The molecule has 3 aliphatic heterocycles. The number of hydrogen-bond donors (Lipinski definition) is 2. The number of nitrogens with zero attached hydrogens (tertiary/aromatic N) is 5. The predicted octanol–water partition coefficient (Wildman–Crippen LogP) is 6.27. The molecule has 14 nitrogen and oxygen atoms in total. The zero-order valence-corrected chi connectivity index (χ0v) is 39.0. The minimum Gasteiger partial charge on any atom is -0.467 e. The average Bonchev–Trinajstić information content (AvgIpc) is 3.90. The van der Waals surface area contributed by atoms with E-state index in [0.29, 0.717) is 58.6 Å². The molecule has 2 aromatic heterocycles. The van der Waals surface area contributed by atoms with E-state index in [2.05, 4.69) is 79.1 Å². The first-order valence-corrected chi connectivity index (χ1v) is 23.0. The highest BCUT2D eigenvalue weighted by atomic mass is 16.5. The van der Waals surface area contributed by atoms with Crippen molar-refractivity contribution >= 4 is 41.0 Å². The zero-order valence-electron chi connectivity index (χ0n) is 39.0. The third kappa shape index (κ3) is 9.60. The maximum absolute atomic E-state index is 14.4. The number of aromatic nitrogens is 2. The predicted molar refractivity (Wildman–Crippen MR) is 250 cm³/mol. The molecule has 346 valence electrons. The minimum atomic E-state index is -0.906. The summed E-state index contributed by atoms with van der Waals surface area (Å²) >= 11 is 0. The second kappa shape index (κ2) is 19.7. The van der Waals surface area contributed by atoms with Gasteiger partial charge in [-0.1, -0.05) is 64.6 Å². The maximum Gasteiger partial charge on any atom is 0.293 e. The summed E-state index contributed by atoms with van der Waals surface area (Å²) in [6.07, 6.45) is 5.98. The molecule has 0 bridgehead atoms. The summed E-state index contributed by atoms with van der Waals surface area (Å²) in [5.41, 5.74) is 9.96. The van der Waals surface area contributed by atoms with Crippen molar-refractivity contribution in [1.82, 2.24) is 35.1 Å². The Morgan fingerprint density at radius 1 is 1.03 bits per heavy atom. The summed E-state index contributed by atoms with van der Waals surface area (Å²) in [6.45, 7) is 19.5. The molecular formula is C51H65N7O7. The van der Waals surface area contributed by atoms with Gasteiger partial charge < -0.3 is 29.2 Å². The van der Waals surface area contributed by atoms with Crippen LogP contribution in [0.1, 0.15) is 83.7 Å². The summed E-state index contributed by atoms with van der Waals surface area (Å²) < 4.78 is 13.4. The van der Waals surface area contributed by atoms with Crippen LogP contribution in [0.2, 0.25) is 0 Å². The van der Waals surface area contributed by atoms with Crippen molar-refractivity contribution in [2.75, 3.05) is 46.4 Å². The molecular weight excluding hydrogens is 823 g/mol. The first kappa shape index (κ1) is 47.1. The van der Waals surface area contributed by atoms with Gasteiger partial charge in [0.05, 0.1) is 29.5 Å². The normalized spacial score (nSPS) is 19.0. The Labute approximate surface area is 382 Å². The number of carbonyl (C=O) groups excluding carboxylic acids is 5. The molecule has 0 radical (unpaired) electrons. The standard InChI is InChI=1S/C51H65N7O7/c1-9-43(60)55-24-20-51(29-55)30-57(49(51)63)45(33(3)4)47(61)54-41(48(62)58-23-12-11-22-53-58)26-35-15-13-16-36(25-35)37-18-19-42-39(27-37)40(28-50(6,7)31-65-32-59)46(56(42)10-2)38-17-14-21-52-44(38)34(5)64-8/h9,13-19,21,25,27,32-34,41,45,53H,1,10-12,20,22-24,26,28-31H2,2-8H3,(H,54,61). The number of nitrogens with one attached hydrogen (secondary N) is 2. The van der Waals surface area contributed by atoms with Gasteiger partial charge in [-0.2, -0.15) is 0 Å². The van der Waals surface area contributed by atoms with Crippen molar-refractivity contribution in [2.45, 2.75) is 98.4 Å². The van der Waals surface area contributed by atoms with Gasteiger partial charge >= 0.3 is 0 Å². The van der Waals surface area contributed by atoms with Gasteiger partial charge in [0.1, 0.15) is 12.1 Å². The summed E-state index contributed by atoms with van der Waals surface area (Å²) in [5, 5.41) is 5.80. The molecule has 2 aromatic carbocycles. The first-order chi connectivity index (χ1) is 31.1. The second-order valence-electron chi connectivity index (χ2n) is 19.1.